The summed E-state index contributed by atoms with van der Waals surface area (Å²) in [5.41, 5.74) is 2.36. The van der Waals surface area contributed by atoms with E-state index in [1.54, 1.807) is 0 Å². The van der Waals surface area contributed by atoms with Gasteiger partial charge in [0, 0.05) is 5.02 Å². The van der Waals surface area contributed by atoms with Gasteiger partial charge in [-0.3, -0.25) is 4.79 Å². The van der Waals surface area contributed by atoms with Gasteiger partial charge in [0.2, 0.25) is 0 Å². The molecule has 0 aliphatic rings. The molecule has 0 radical (unpaired) electrons. The highest BCUT2D eigenvalue weighted by molar-refractivity contribution is 6.30. The Morgan fingerprint density at radius 2 is 1.68 bits per heavy atom. The lowest BCUT2D eigenvalue weighted by molar-refractivity contribution is -0.123. The van der Waals surface area contributed by atoms with E-state index in [0.29, 0.717) is 10.8 Å². The van der Waals surface area contributed by atoms with Gasteiger partial charge >= 0.3 is 0 Å². The standard InChI is InChI=1S/C23H31ClN2O2/c1-23(2,3)18-8-12-20(13-9-18)28-16-22(27)25-21(14-15-26(4)5)17-6-10-19(24)11-7-17/h6-13,21H,14-16H2,1-5H3,(H,25,27). The summed E-state index contributed by atoms with van der Waals surface area (Å²) in [6.45, 7) is 7.35. The Hall–Kier alpha value is -2.04. The van der Waals surface area contributed by atoms with Crippen LogP contribution in [0, 0.1) is 0 Å². The molecule has 0 aliphatic heterocycles. The van der Waals surface area contributed by atoms with E-state index < -0.39 is 0 Å². The maximum Gasteiger partial charge on any atom is 0.258 e. The molecule has 2 aromatic carbocycles. The van der Waals surface area contributed by atoms with Gasteiger partial charge in [0.1, 0.15) is 5.75 Å². The maximum absolute atomic E-state index is 12.5. The van der Waals surface area contributed by atoms with Crippen molar-refractivity contribution in [3.63, 3.8) is 0 Å². The molecule has 0 saturated carbocycles. The number of carbonyl (C=O) groups excluding carboxylic acids is 1. The quantitative estimate of drug-likeness (QED) is 0.687. The molecular weight excluding hydrogens is 372 g/mol. The number of ether oxygens (including phenoxy) is 1. The molecule has 5 heteroatoms. The minimum atomic E-state index is -0.140. The van der Waals surface area contributed by atoms with Crippen LogP contribution in [0.1, 0.15) is 44.4 Å². The van der Waals surface area contributed by atoms with Crippen LogP contribution in [-0.4, -0.2) is 38.1 Å². The first kappa shape index (κ1) is 22.3. The summed E-state index contributed by atoms with van der Waals surface area (Å²) < 4.78 is 5.67. The second-order valence-corrected chi connectivity index (χ2v) is 8.76. The molecule has 0 spiro atoms. The zero-order chi connectivity index (χ0) is 20.7. The number of halogens is 1. The Bertz CT molecular complexity index is 750. The zero-order valence-electron chi connectivity index (χ0n) is 17.5. The largest absolute Gasteiger partial charge is 0.484 e. The van der Waals surface area contributed by atoms with Gasteiger partial charge in [-0.15, -0.1) is 0 Å². The topological polar surface area (TPSA) is 41.6 Å². The summed E-state index contributed by atoms with van der Waals surface area (Å²) in [7, 11) is 4.04. The van der Waals surface area contributed by atoms with E-state index in [4.69, 9.17) is 16.3 Å². The van der Waals surface area contributed by atoms with Crippen molar-refractivity contribution in [1.82, 2.24) is 10.2 Å². The third kappa shape index (κ3) is 7.17. The lowest BCUT2D eigenvalue weighted by Gasteiger charge is -2.22. The van der Waals surface area contributed by atoms with E-state index in [9.17, 15) is 4.79 Å². The van der Waals surface area contributed by atoms with Gasteiger partial charge in [-0.1, -0.05) is 56.6 Å². The predicted octanol–water partition coefficient (Wildman–Crippen LogP) is 4.83. The summed E-state index contributed by atoms with van der Waals surface area (Å²) in [5, 5.41) is 3.76. The Labute approximate surface area is 173 Å². The van der Waals surface area contributed by atoms with Gasteiger partial charge < -0.3 is 15.0 Å². The van der Waals surface area contributed by atoms with Crippen molar-refractivity contribution in [1.29, 1.82) is 0 Å². The Kier molecular flexibility index (Phi) is 7.90. The van der Waals surface area contributed by atoms with E-state index in [-0.39, 0.29) is 24.0 Å². The van der Waals surface area contributed by atoms with E-state index in [1.165, 1.54) is 5.56 Å². The van der Waals surface area contributed by atoms with Crippen LogP contribution in [0.15, 0.2) is 48.5 Å². The second-order valence-electron chi connectivity index (χ2n) is 8.33. The number of amides is 1. The second kappa shape index (κ2) is 9.94. The van der Waals surface area contributed by atoms with E-state index in [0.717, 1.165) is 18.5 Å². The van der Waals surface area contributed by atoms with Crippen LogP contribution in [0.25, 0.3) is 0 Å². The van der Waals surface area contributed by atoms with Crippen LogP contribution in [0.5, 0.6) is 5.75 Å². The van der Waals surface area contributed by atoms with Crippen LogP contribution in [0.3, 0.4) is 0 Å². The molecule has 4 nitrogen and oxygen atoms in total. The van der Waals surface area contributed by atoms with Gasteiger partial charge in [0.05, 0.1) is 6.04 Å². The van der Waals surface area contributed by atoms with Gasteiger partial charge in [-0.2, -0.15) is 0 Å². The van der Waals surface area contributed by atoms with Crippen molar-refractivity contribution in [2.24, 2.45) is 0 Å². The maximum atomic E-state index is 12.5. The van der Waals surface area contributed by atoms with Crippen molar-refractivity contribution in [3.8, 4) is 5.75 Å². The monoisotopic (exact) mass is 402 g/mol. The number of carbonyl (C=O) groups is 1. The molecule has 1 unspecified atom stereocenters. The van der Waals surface area contributed by atoms with E-state index in [1.807, 2.05) is 62.6 Å². The van der Waals surface area contributed by atoms with Gasteiger partial charge in [0.25, 0.3) is 5.91 Å². The molecule has 0 aliphatic carbocycles. The summed E-state index contributed by atoms with van der Waals surface area (Å²) >= 11 is 5.99. The summed E-state index contributed by atoms with van der Waals surface area (Å²) in [6.07, 6.45) is 0.806. The Morgan fingerprint density at radius 3 is 2.21 bits per heavy atom. The molecule has 28 heavy (non-hydrogen) atoms. The van der Waals surface area contributed by atoms with Crippen molar-refractivity contribution in [2.75, 3.05) is 27.2 Å². The van der Waals surface area contributed by atoms with Crippen molar-refractivity contribution < 1.29 is 9.53 Å². The smallest absolute Gasteiger partial charge is 0.258 e. The normalized spacial score (nSPS) is 12.7. The summed E-state index contributed by atoms with van der Waals surface area (Å²) in [5.74, 6) is 0.554. The molecule has 0 bridgehead atoms. The fourth-order valence-corrected chi connectivity index (χ4v) is 2.97. The molecule has 0 heterocycles. The average Bonchev–Trinajstić information content (AvgIpc) is 2.63. The number of nitrogens with one attached hydrogen (secondary N) is 1. The molecule has 1 atom stereocenters. The zero-order valence-corrected chi connectivity index (χ0v) is 18.2. The van der Waals surface area contributed by atoms with Gasteiger partial charge in [-0.05, 0) is 67.9 Å². The molecule has 152 valence electrons. The molecule has 0 fully saturated rings. The summed E-state index contributed by atoms with van der Waals surface area (Å²) in [4.78, 5) is 14.6. The molecule has 2 aromatic rings. The number of nitrogens with zero attached hydrogens (tertiary/aromatic N) is 1. The van der Waals surface area contributed by atoms with Gasteiger partial charge in [0.15, 0.2) is 6.61 Å². The van der Waals surface area contributed by atoms with Crippen molar-refractivity contribution in [2.45, 2.75) is 38.6 Å². The van der Waals surface area contributed by atoms with Crippen LogP contribution in [-0.2, 0) is 10.2 Å². The summed E-state index contributed by atoms with van der Waals surface area (Å²) in [6, 6.07) is 15.4. The Morgan fingerprint density at radius 1 is 1.07 bits per heavy atom. The molecule has 1 N–H and O–H groups in total. The van der Waals surface area contributed by atoms with E-state index >= 15 is 0 Å². The highest BCUT2D eigenvalue weighted by Crippen LogP contribution is 2.24. The lowest BCUT2D eigenvalue weighted by atomic mass is 9.87. The predicted molar refractivity (Wildman–Crippen MR) is 116 cm³/mol. The molecule has 2 rings (SSSR count). The minimum Gasteiger partial charge on any atom is -0.484 e. The highest BCUT2D eigenvalue weighted by Gasteiger charge is 2.16. The molecule has 0 aromatic heterocycles. The fraction of sp³-hybridized carbons (Fsp3) is 0.435. The first-order valence-electron chi connectivity index (χ1n) is 9.58. The highest BCUT2D eigenvalue weighted by atomic mass is 35.5. The van der Waals surface area contributed by atoms with Crippen LogP contribution < -0.4 is 10.1 Å². The number of benzene rings is 2. The first-order valence-corrected chi connectivity index (χ1v) is 9.96. The Balaban J connectivity index is 1.96. The average molecular weight is 403 g/mol. The van der Waals surface area contributed by atoms with Crippen molar-refractivity contribution >= 4 is 17.5 Å². The lowest BCUT2D eigenvalue weighted by Crippen LogP contribution is -2.34. The minimum absolute atomic E-state index is 0.0130. The van der Waals surface area contributed by atoms with Gasteiger partial charge in [-0.25, -0.2) is 0 Å². The molecular formula is C23H31ClN2O2. The molecule has 1 amide bonds. The SMILES string of the molecule is CN(C)CCC(NC(=O)COc1ccc(C(C)(C)C)cc1)c1ccc(Cl)cc1. The van der Waals surface area contributed by atoms with Crippen LogP contribution >= 0.6 is 11.6 Å². The molecule has 0 saturated heterocycles. The third-order valence-electron chi connectivity index (χ3n) is 4.56. The number of hydrogen-bond donors (Lipinski definition) is 1. The van der Waals surface area contributed by atoms with Crippen LogP contribution in [0.4, 0.5) is 0 Å². The fourth-order valence-electron chi connectivity index (χ4n) is 2.84. The first-order chi connectivity index (χ1) is 13.1. The van der Waals surface area contributed by atoms with Crippen molar-refractivity contribution in [3.05, 3.63) is 64.7 Å². The number of hydrogen-bond acceptors (Lipinski definition) is 3. The third-order valence-corrected chi connectivity index (χ3v) is 4.81. The van der Waals surface area contributed by atoms with Crippen LogP contribution in [0.2, 0.25) is 5.02 Å². The van der Waals surface area contributed by atoms with E-state index in [2.05, 4.69) is 31.0 Å². The number of rotatable bonds is 8.